The van der Waals surface area contributed by atoms with Crippen LogP contribution in [0, 0.1) is 6.92 Å². The summed E-state index contributed by atoms with van der Waals surface area (Å²) in [5.41, 5.74) is 7.55. The number of aromatic nitrogens is 1. The average molecular weight is 164 g/mol. The van der Waals surface area contributed by atoms with Gasteiger partial charge in [0.15, 0.2) is 5.43 Å². The number of hydrogen-bond acceptors (Lipinski definition) is 2. The molecule has 64 valence electrons. The molecule has 0 aliphatic carbocycles. The largest absolute Gasteiger partial charge is 0.361 e. The molecule has 0 saturated carbocycles. The van der Waals surface area contributed by atoms with Crippen LogP contribution in [-0.2, 0) is 6.54 Å². The fourth-order valence-corrected chi connectivity index (χ4v) is 1.13. The molecular weight excluding hydrogens is 152 g/mol. The summed E-state index contributed by atoms with van der Waals surface area (Å²) in [6.07, 6.45) is 1.55. The lowest BCUT2D eigenvalue weighted by Crippen LogP contribution is -2.12. The number of hydrogen-bond donors (Lipinski definition) is 2. The lowest BCUT2D eigenvalue weighted by atomic mass is 10.2. The molecule has 12 heavy (non-hydrogen) atoms. The number of aryl methyl sites for hydroxylation is 1. The lowest BCUT2D eigenvalue weighted by molar-refractivity contribution is 0.961. The molecular formula is C9H12N2O. The number of nitrogens with two attached hydrogens (primary N) is 1. The normalized spacial score (nSPS) is 9.83. The van der Waals surface area contributed by atoms with Crippen LogP contribution in [0.1, 0.15) is 17.0 Å². The second-order valence-corrected chi connectivity index (χ2v) is 2.61. The molecule has 0 bridgehead atoms. The van der Waals surface area contributed by atoms with Crippen LogP contribution in [0.3, 0.4) is 0 Å². The SMILES string of the molecule is C=Cc1c(C)[nH]c(CN)cc1=O. The Balaban J connectivity index is 3.38. The van der Waals surface area contributed by atoms with E-state index in [0.29, 0.717) is 12.1 Å². The van der Waals surface area contributed by atoms with E-state index in [4.69, 9.17) is 5.73 Å². The van der Waals surface area contributed by atoms with Gasteiger partial charge in [-0.1, -0.05) is 12.7 Å². The molecule has 1 aromatic rings. The molecule has 0 spiro atoms. The van der Waals surface area contributed by atoms with Crippen molar-refractivity contribution in [3.8, 4) is 0 Å². The van der Waals surface area contributed by atoms with E-state index in [-0.39, 0.29) is 5.43 Å². The summed E-state index contributed by atoms with van der Waals surface area (Å²) in [6, 6.07) is 1.50. The number of nitrogens with one attached hydrogen (secondary N) is 1. The van der Waals surface area contributed by atoms with Gasteiger partial charge in [-0.15, -0.1) is 0 Å². The molecule has 3 heteroatoms. The predicted molar refractivity (Wildman–Crippen MR) is 49.8 cm³/mol. The summed E-state index contributed by atoms with van der Waals surface area (Å²) >= 11 is 0. The van der Waals surface area contributed by atoms with Crippen LogP contribution in [0.15, 0.2) is 17.4 Å². The van der Waals surface area contributed by atoms with Crippen molar-refractivity contribution in [1.29, 1.82) is 0 Å². The van der Waals surface area contributed by atoms with Gasteiger partial charge < -0.3 is 10.7 Å². The topological polar surface area (TPSA) is 58.9 Å². The standard InChI is InChI=1S/C9H12N2O/c1-3-8-6(2)11-7(5-10)4-9(8)12/h3-4H,1,5,10H2,2H3,(H,11,12). The number of pyridine rings is 1. The third-order valence-corrected chi connectivity index (χ3v) is 1.75. The van der Waals surface area contributed by atoms with Crippen LogP contribution in [0.4, 0.5) is 0 Å². The Morgan fingerprint density at radius 2 is 2.42 bits per heavy atom. The molecule has 3 N–H and O–H groups in total. The maximum absolute atomic E-state index is 11.3. The monoisotopic (exact) mass is 164 g/mol. The van der Waals surface area contributed by atoms with E-state index in [1.807, 2.05) is 6.92 Å². The van der Waals surface area contributed by atoms with Crippen LogP contribution in [0.5, 0.6) is 0 Å². The Morgan fingerprint density at radius 3 is 2.83 bits per heavy atom. The van der Waals surface area contributed by atoms with Crippen LogP contribution in [0.25, 0.3) is 6.08 Å². The molecule has 0 aromatic carbocycles. The minimum atomic E-state index is -0.0262. The first kappa shape index (κ1) is 8.74. The third kappa shape index (κ3) is 1.46. The van der Waals surface area contributed by atoms with Crippen molar-refractivity contribution in [3.05, 3.63) is 39.8 Å². The Kier molecular flexibility index (Phi) is 2.45. The smallest absolute Gasteiger partial charge is 0.189 e. The van der Waals surface area contributed by atoms with Crippen molar-refractivity contribution >= 4 is 6.08 Å². The Labute approximate surface area is 70.9 Å². The van der Waals surface area contributed by atoms with E-state index in [0.717, 1.165) is 11.4 Å². The van der Waals surface area contributed by atoms with Crippen LogP contribution in [-0.4, -0.2) is 4.98 Å². The Hall–Kier alpha value is -1.35. The molecule has 1 heterocycles. The highest BCUT2D eigenvalue weighted by Crippen LogP contribution is 2.01. The summed E-state index contributed by atoms with van der Waals surface area (Å²) in [6.45, 7) is 5.74. The predicted octanol–water partition coefficient (Wildman–Crippen LogP) is 0.785. The van der Waals surface area contributed by atoms with Gasteiger partial charge in [-0.05, 0) is 6.92 Å². The van der Waals surface area contributed by atoms with E-state index >= 15 is 0 Å². The Morgan fingerprint density at radius 1 is 1.75 bits per heavy atom. The zero-order valence-corrected chi connectivity index (χ0v) is 7.05. The molecule has 1 rings (SSSR count). The zero-order valence-electron chi connectivity index (χ0n) is 7.05. The van der Waals surface area contributed by atoms with Gasteiger partial charge in [-0.2, -0.15) is 0 Å². The molecule has 0 aliphatic heterocycles. The van der Waals surface area contributed by atoms with Gasteiger partial charge in [0, 0.05) is 29.6 Å². The molecule has 0 unspecified atom stereocenters. The highest BCUT2D eigenvalue weighted by Gasteiger charge is 2.00. The summed E-state index contributed by atoms with van der Waals surface area (Å²) < 4.78 is 0. The first-order valence-electron chi connectivity index (χ1n) is 3.74. The molecule has 0 fully saturated rings. The minimum absolute atomic E-state index is 0.0262. The molecule has 1 aromatic heterocycles. The summed E-state index contributed by atoms with van der Waals surface area (Å²) in [5, 5.41) is 0. The third-order valence-electron chi connectivity index (χ3n) is 1.75. The van der Waals surface area contributed by atoms with Gasteiger partial charge in [0.25, 0.3) is 0 Å². The summed E-state index contributed by atoms with van der Waals surface area (Å²) in [4.78, 5) is 14.3. The van der Waals surface area contributed by atoms with Gasteiger partial charge in [0.1, 0.15) is 0 Å². The van der Waals surface area contributed by atoms with Crippen LogP contribution >= 0.6 is 0 Å². The minimum Gasteiger partial charge on any atom is -0.361 e. The zero-order chi connectivity index (χ0) is 9.14. The molecule has 0 aliphatic rings. The van der Waals surface area contributed by atoms with Crippen molar-refractivity contribution in [2.75, 3.05) is 0 Å². The van der Waals surface area contributed by atoms with Gasteiger partial charge in [0.2, 0.25) is 0 Å². The van der Waals surface area contributed by atoms with Crippen molar-refractivity contribution in [2.24, 2.45) is 5.73 Å². The molecule has 0 amide bonds. The lowest BCUT2D eigenvalue weighted by Gasteiger charge is -2.02. The van der Waals surface area contributed by atoms with E-state index in [1.165, 1.54) is 6.07 Å². The number of rotatable bonds is 2. The summed E-state index contributed by atoms with van der Waals surface area (Å²) in [7, 11) is 0. The van der Waals surface area contributed by atoms with Crippen molar-refractivity contribution in [2.45, 2.75) is 13.5 Å². The fraction of sp³-hybridized carbons (Fsp3) is 0.222. The van der Waals surface area contributed by atoms with Crippen LogP contribution < -0.4 is 11.2 Å². The van der Waals surface area contributed by atoms with Crippen LogP contribution in [0.2, 0.25) is 0 Å². The molecule has 0 atom stereocenters. The fourth-order valence-electron chi connectivity index (χ4n) is 1.13. The van der Waals surface area contributed by atoms with Gasteiger partial charge in [-0.3, -0.25) is 4.79 Å². The van der Waals surface area contributed by atoms with E-state index < -0.39 is 0 Å². The highest BCUT2D eigenvalue weighted by molar-refractivity contribution is 5.49. The molecule has 3 nitrogen and oxygen atoms in total. The number of aromatic amines is 1. The van der Waals surface area contributed by atoms with E-state index in [2.05, 4.69) is 11.6 Å². The molecule has 0 saturated heterocycles. The average Bonchev–Trinajstić information content (AvgIpc) is 2.03. The van der Waals surface area contributed by atoms with E-state index in [9.17, 15) is 4.79 Å². The second kappa shape index (κ2) is 3.36. The van der Waals surface area contributed by atoms with Crippen molar-refractivity contribution in [3.63, 3.8) is 0 Å². The maximum Gasteiger partial charge on any atom is 0.189 e. The second-order valence-electron chi connectivity index (χ2n) is 2.61. The summed E-state index contributed by atoms with van der Waals surface area (Å²) in [5.74, 6) is 0. The van der Waals surface area contributed by atoms with Crippen molar-refractivity contribution in [1.82, 2.24) is 4.98 Å². The Bertz CT molecular complexity index is 352. The van der Waals surface area contributed by atoms with E-state index in [1.54, 1.807) is 6.08 Å². The van der Waals surface area contributed by atoms with Gasteiger partial charge >= 0.3 is 0 Å². The van der Waals surface area contributed by atoms with Gasteiger partial charge in [0.05, 0.1) is 0 Å². The molecule has 0 radical (unpaired) electrons. The quantitative estimate of drug-likeness (QED) is 0.678. The van der Waals surface area contributed by atoms with Crippen molar-refractivity contribution < 1.29 is 0 Å². The number of H-pyrrole nitrogens is 1. The maximum atomic E-state index is 11.3. The first-order chi connectivity index (χ1) is 5.69. The highest BCUT2D eigenvalue weighted by atomic mass is 16.1. The first-order valence-corrected chi connectivity index (χ1v) is 3.74. The van der Waals surface area contributed by atoms with Gasteiger partial charge in [-0.25, -0.2) is 0 Å².